The molecule has 0 spiro atoms. The van der Waals surface area contributed by atoms with E-state index in [1.807, 2.05) is 0 Å². The van der Waals surface area contributed by atoms with Crippen LogP contribution < -0.4 is 10.5 Å². The van der Waals surface area contributed by atoms with Crippen LogP contribution in [0.4, 0.5) is 5.69 Å². The van der Waals surface area contributed by atoms with Crippen molar-refractivity contribution in [3.8, 4) is 5.75 Å². The third-order valence-corrected chi connectivity index (χ3v) is 5.96. The maximum absolute atomic E-state index is 12.6. The van der Waals surface area contributed by atoms with Gasteiger partial charge in [-0.05, 0) is 30.9 Å². The third-order valence-electron chi connectivity index (χ3n) is 3.99. The Labute approximate surface area is 120 Å². The second-order valence-electron chi connectivity index (χ2n) is 5.16. The first kappa shape index (κ1) is 15.1. The van der Waals surface area contributed by atoms with Crippen molar-refractivity contribution in [2.75, 3.05) is 25.9 Å². The molecule has 0 aromatic heterocycles. The van der Waals surface area contributed by atoms with E-state index in [9.17, 15) is 8.42 Å². The lowest BCUT2D eigenvalue weighted by Gasteiger charge is -2.31. The van der Waals surface area contributed by atoms with Crippen LogP contribution in [0.25, 0.3) is 0 Å². The molecule has 1 heterocycles. The van der Waals surface area contributed by atoms with E-state index in [-0.39, 0.29) is 10.6 Å². The summed E-state index contributed by atoms with van der Waals surface area (Å²) >= 11 is 0. The average Bonchev–Trinajstić information content (AvgIpc) is 2.46. The highest BCUT2D eigenvalue weighted by atomic mass is 32.2. The fourth-order valence-corrected chi connectivity index (χ4v) is 4.15. The maximum Gasteiger partial charge on any atom is 0.245 e. The number of nitrogen functional groups attached to an aromatic ring is 1. The average molecular weight is 298 g/mol. The van der Waals surface area contributed by atoms with Crippen molar-refractivity contribution in [1.29, 1.82) is 0 Å². The van der Waals surface area contributed by atoms with Crippen molar-refractivity contribution in [2.24, 2.45) is 5.92 Å². The van der Waals surface area contributed by atoms with E-state index in [1.54, 1.807) is 12.1 Å². The fraction of sp³-hybridized carbons (Fsp3) is 0.571. The Morgan fingerprint density at radius 3 is 2.50 bits per heavy atom. The van der Waals surface area contributed by atoms with Gasteiger partial charge in [0, 0.05) is 19.2 Å². The van der Waals surface area contributed by atoms with Gasteiger partial charge in [-0.15, -0.1) is 0 Å². The van der Waals surface area contributed by atoms with Crippen LogP contribution in [0, 0.1) is 5.92 Å². The number of piperidine rings is 1. The molecule has 0 unspecified atom stereocenters. The van der Waals surface area contributed by atoms with Crippen molar-refractivity contribution >= 4 is 15.7 Å². The van der Waals surface area contributed by atoms with Gasteiger partial charge in [0.2, 0.25) is 10.0 Å². The molecule has 0 bridgehead atoms. The Morgan fingerprint density at radius 1 is 1.35 bits per heavy atom. The van der Waals surface area contributed by atoms with Crippen LogP contribution in [0.1, 0.15) is 26.2 Å². The minimum Gasteiger partial charge on any atom is -0.497 e. The minimum atomic E-state index is -3.50. The second kappa shape index (κ2) is 6.01. The number of hydrogen-bond donors (Lipinski definition) is 1. The summed E-state index contributed by atoms with van der Waals surface area (Å²) in [5.74, 6) is 1.20. The molecule has 20 heavy (non-hydrogen) atoms. The first-order chi connectivity index (χ1) is 9.48. The van der Waals surface area contributed by atoms with Crippen molar-refractivity contribution in [2.45, 2.75) is 31.1 Å². The molecule has 0 atom stereocenters. The van der Waals surface area contributed by atoms with Crippen LogP contribution in [0.2, 0.25) is 0 Å². The highest BCUT2D eigenvalue weighted by molar-refractivity contribution is 7.89. The summed E-state index contributed by atoms with van der Waals surface area (Å²) in [6.07, 6.45) is 2.95. The maximum atomic E-state index is 12.6. The quantitative estimate of drug-likeness (QED) is 0.864. The Kier molecular flexibility index (Phi) is 4.55. The summed E-state index contributed by atoms with van der Waals surface area (Å²) in [5.41, 5.74) is 6.10. The van der Waals surface area contributed by atoms with Gasteiger partial charge in [-0.1, -0.05) is 13.3 Å². The van der Waals surface area contributed by atoms with E-state index >= 15 is 0 Å². The Balaban J connectivity index is 2.23. The van der Waals surface area contributed by atoms with Crippen molar-refractivity contribution in [1.82, 2.24) is 4.31 Å². The Hall–Kier alpha value is -1.27. The highest BCUT2D eigenvalue weighted by Gasteiger charge is 2.30. The van der Waals surface area contributed by atoms with Crippen molar-refractivity contribution < 1.29 is 13.2 Å². The predicted molar refractivity (Wildman–Crippen MR) is 79.2 cm³/mol. The molecule has 1 aliphatic rings. The highest BCUT2D eigenvalue weighted by Crippen LogP contribution is 2.29. The first-order valence-electron chi connectivity index (χ1n) is 6.92. The molecule has 0 amide bonds. The van der Waals surface area contributed by atoms with Gasteiger partial charge in [0.15, 0.2) is 0 Å². The third kappa shape index (κ3) is 2.91. The number of hydrogen-bond acceptors (Lipinski definition) is 4. The number of ether oxygens (including phenoxy) is 1. The standard InChI is InChI=1S/C14H22N2O3S/c1-3-11-6-8-16(9-7-11)20(17,18)14-5-4-12(19-2)10-13(14)15/h4-5,10-11H,3,6-9,15H2,1-2H3. The fourth-order valence-electron chi connectivity index (χ4n) is 2.59. The van der Waals surface area contributed by atoms with Crippen LogP contribution in [0.3, 0.4) is 0 Å². The zero-order valence-corrected chi connectivity index (χ0v) is 12.8. The molecule has 2 N–H and O–H groups in total. The van der Waals surface area contributed by atoms with Gasteiger partial charge in [0.05, 0.1) is 12.8 Å². The molecule has 5 nitrogen and oxygen atoms in total. The predicted octanol–water partition coefficient (Wildman–Crippen LogP) is 2.09. The molecule has 1 fully saturated rings. The minimum absolute atomic E-state index is 0.174. The molecule has 1 aromatic rings. The topological polar surface area (TPSA) is 72.6 Å². The van der Waals surface area contributed by atoms with E-state index < -0.39 is 10.0 Å². The lowest BCUT2D eigenvalue weighted by Crippen LogP contribution is -2.38. The van der Waals surface area contributed by atoms with E-state index in [0.29, 0.717) is 24.8 Å². The lowest BCUT2D eigenvalue weighted by molar-refractivity contribution is 0.269. The van der Waals surface area contributed by atoms with Gasteiger partial charge in [-0.3, -0.25) is 0 Å². The molecular formula is C14H22N2O3S. The van der Waals surface area contributed by atoms with Crippen LogP contribution in [0.5, 0.6) is 5.75 Å². The lowest BCUT2D eigenvalue weighted by atomic mass is 9.96. The van der Waals surface area contributed by atoms with E-state index in [1.165, 1.54) is 17.5 Å². The number of nitrogens with zero attached hydrogens (tertiary/aromatic N) is 1. The summed E-state index contributed by atoms with van der Waals surface area (Å²) < 4.78 is 31.8. The summed E-state index contributed by atoms with van der Waals surface area (Å²) in [6.45, 7) is 3.30. The van der Waals surface area contributed by atoms with Gasteiger partial charge < -0.3 is 10.5 Å². The zero-order chi connectivity index (χ0) is 14.8. The molecule has 6 heteroatoms. The van der Waals surface area contributed by atoms with Crippen LogP contribution in [-0.2, 0) is 10.0 Å². The zero-order valence-electron chi connectivity index (χ0n) is 12.0. The molecule has 1 aromatic carbocycles. The smallest absolute Gasteiger partial charge is 0.245 e. The Bertz CT molecular complexity index is 564. The van der Waals surface area contributed by atoms with Gasteiger partial charge >= 0.3 is 0 Å². The molecule has 0 radical (unpaired) electrons. The Morgan fingerprint density at radius 2 is 2.00 bits per heavy atom. The largest absolute Gasteiger partial charge is 0.497 e. The summed E-state index contributed by atoms with van der Waals surface area (Å²) in [6, 6.07) is 4.70. The van der Waals surface area contributed by atoms with Crippen LogP contribution in [0.15, 0.2) is 23.1 Å². The van der Waals surface area contributed by atoms with Gasteiger partial charge in [-0.2, -0.15) is 4.31 Å². The van der Waals surface area contributed by atoms with Crippen molar-refractivity contribution in [3.63, 3.8) is 0 Å². The van der Waals surface area contributed by atoms with E-state index in [4.69, 9.17) is 10.5 Å². The summed E-state index contributed by atoms with van der Waals surface area (Å²) in [5, 5.41) is 0. The number of anilines is 1. The van der Waals surface area contributed by atoms with Gasteiger partial charge in [0.1, 0.15) is 10.6 Å². The molecule has 2 rings (SSSR count). The van der Waals surface area contributed by atoms with Gasteiger partial charge in [0.25, 0.3) is 0 Å². The number of rotatable bonds is 4. The molecule has 1 aliphatic heterocycles. The monoisotopic (exact) mass is 298 g/mol. The normalized spacial score (nSPS) is 18.1. The second-order valence-corrected chi connectivity index (χ2v) is 7.07. The number of benzene rings is 1. The van der Waals surface area contributed by atoms with E-state index in [0.717, 1.165) is 19.3 Å². The molecule has 112 valence electrons. The number of sulfonamides is 1. The van der Waals surface area contributed by atoms with Crippen molar-refractivity contribution in [3.05, 3.63) is 18.2 Å². The van der Waals surface area contributed by atoms with Gasteiger partial charge in [-0.25, -0.2) is 8.42 Å². The molecular weight excluding hydrogens is 276 g/mol. The molecule has 0 saturated carbocycles. The number of nitrogens with two attached hydrogens (primary N) is 1. The molecule has 0 aliphatic carbocycles. The molecule has 1 saturated heterocycles. The number of methoxy groups -OCH3 is 1. The first-order valence-corrected chi connectivity index (χ1v) is 8.36. The van der Waals surface area contributed by atoms with Crippen LogP contribution >= 0.6 is 0 Å². The summed E-state index contributed by atoms with van der Waals surface area (Å²) in [7, 11) is -1.97. The summed E-state index contributed by atoms with van der Waals surface area (Å²) in [4.78, 5) is 0.174. The van der Waals surface area contributed by atoms with Crippen LogP contribution in [-0.4, -0.2) is 32.9 Å². The SMILES string of the molecule is CCC1CCN(S(=O)(=O)c2ccc(OC)cc2N)CC1. The van der Waals surface area contributed by atoms with E-state index in [2.05, 4.69) is 6.92 Å².